The van der Waals surface area contributed by atoms with Gasteiger partial charge in [-0.05, 0) is 6.08 Å². The molecule has 3 heterocycles. The van der Waals surface area contributed by atoms with Crippen LogP contribution in [0.2, 0.25) is 5.15 Å². The number of urea groups is 1. The van der Waals surface area contributed by atoms with E-state index in [1.165, 1.54) is 17.4 Å². The van der Waals surface area contributed by atoms with Gasteiger partial charge in [-0.3, -0.25) is 20.2 Å². The number of hydrogen-bond acceptors (Lipinski definition) is 7. The average molecular weight is 343 g/mol. The van der Waals surface area contributed by atoms with Gasteiger partial charge in [-0.15, -0.1) is 0 Å². The van der Waals surface area contributed by atoms with Gasteiger partial charge < -0.3 is 9.64 Å². The SMILES string of the molecule is O=C1NC(=O)C(=Cc2sc(N3CCOCC3)nc2Cl)C(=O)N1. The van der Waals surface area contributed by atoms with Gasteiger partial charge in [0, 0.05) is 13.1 Å². The van der Waals surface area contributed by atoms with Crippen LogP contribution in [0, 0.1) is 0 Å². The number of thiazole rings is 1. The third-order valence-electron chi connectivity index (χ3n) is 3.10. The van der Waals surface area contributed by atoms with Crippen molar-refractivity contribution in [2.24, 2.45) is 0 Å². The fourth-order valence-electron chi connectivity index (χ4n) is 2.02. The Hall–Kier alpha value is -1.97. The van der Waals surface area contributed by atoms with Crippen molar-refractivity contribution in [1.29, 1.82) is 0 Å². The standard InChI is InChI=1S/C12H11ClN4O4S/c13-8-7(5-6-9(18)15-11(20)16-10(6)19)22-12(14-8)17-1-3-21-4-2-17/h5H,1-4H2,(H2,15,16,18,19,20). The van der Waals surface area contributed by atoms with Gasteiger partial charge in [0.05, 0.1) is 18.1 Å². The molecule has 2 saturated heterocycles. The zero-order valence-electron chi connectivity index (χ0n) is 11.2. The summed E-state index contributed by atoms with van der Waals surface area (Å²) >= 11 is 7.34. The van der Waals surface area contributed by atoms with Crippen LogP contribution in [-0.4, -0.2) is 49.1 Å². The maximum atomic E-state index is 11.7. The largest absolute Gasteiger partial charge is 0.378 e. The van der Waals surface area contributed by atoms with Crippen molar-refractivity contribution in [3.05, 3.63) is 15.6 Å². The van der Waals surface area contributed by atoms with Crippen LogP contribution in [0.3, 0.4) is 0 Å². The lowest BCUT2D eigenvalue weighted by molar-refractivity contribution is -0.123. The van der Waals surface area contributed by atoms with Crippen LogP contribution in [0.1, 0.15) is 4.88 Å². The molecule has 3 rings (SSSR count). The summed E-state index contributed by atoms with van der Waals surface area (Å²) in [6.07, 6.45) is 1.33. The molecule has 0 unspecified atom stereocenters. The number of imide groups is 2. The maximum Gasteiger partial charge on any atom is 0.328 e. The molecule has 2 N–H and O–H groups in total. The predicted molar refractivity (Wildman–Crippen MR) is 79.8 cm³/mol. The first-order chi connectivity index (χ1) is 10.5. The van der Waals surface area contributed by atoms with Crippen LogP contribution in [0.4, 0.5) is 9.93 Å². The molecular formula is C12H11ClN4O4S. The van der Waals surface area contributed by atoms with Crippen LogP contribution >= 0.6 is 22.9 Å². The van der Waals surface area contributed by atoms with Gasteiger partial charge in [-0.2, -0.15) is 0 Å². The van der Waals surface area contributed by atoms with Crippen LogP contribution < -0.4 is 15.5 Å². The molecule has 22 heavy (non-hydrogen) atoms. The van der Waals surface area contributed by atoms with Crippen molar-refractivity contribution in [2.75, 3.05) is 31.2 Å². The number of barbiturate groups is 1. The third-order valence-corrected chi connectivity index (χ3v) is 4.56. The molecule has 0 aromatic carbocycles. The third kappa shape index (κ3) is 2.96. The number of anilines is 1. The highest BCUT2D eigenvalue weighted by atomic mass is 35.5. The van der Waals surface area contributed by atoms with E-state index < -0.39 is 17.8 Å². The number of rotatable bonds is 2. The Kier molecular flexibility index (Phi) is 4.10. The number of hydrogen-bond donors (Lipinski definition) is 2. The van der Waals surface area contributed by atoms with Gasteiger partial charge >= 0.3 is 6.03 Å². The second-order valence-corrected chi connectivity index (χ2v) is 5.91. The van der Waals surface area contributed by atoms with Crippen molar-refractivity contribution in [1.82, 2.24) is 15.6 Å². The zero-order valence-corrected chi connectivity index (χ0v) is 12.8. The molecule has 4 amide bonds. The minimum Gasteiger partial charge on any atom is -0.378 e. The summed E-state index contributed by atoms with van der Waals surface area (Å²) in [6.45, 7) is 2.63. The van der Waals surface area contributed by atoms with Crippen molar-refractivity contribution in [3.8, 4) is 0 Å². The molecule has 1 aromatic heterocycles. The molecule has 2 fully saturated rings. The normalized spacial score (nSPS) is 19.0. The fourth-order valence-corrected chi connectivity index (χ4v) is 3.27. The fraction of sp³-hybridized carbons (Fsp3) is 0.333. The Morgan fingerprint density at radius 3 is 2.45 bits per heavy atom. The van der Waals surface area contributed by atoms with E-state index in [9.17, 15) is 14.4 Å². The van der Waals surface area contributed by atoms with Crippen LogP contribution in [0.15, 0.2) is 5.57 Å². The smallest absolute Gasteiger partial charge is 0.328 e. The van der Waals surface area contributed by atoms with Crippen molar-refractivity contribution in [2.45, 2.75) is 0 Å². The molecule has 1 aromatic rings. The lowest BCUT2D eigenvalue weighted by atomic mass is 10.2. The molecule has 2 aliphatic heterocycles. The number of carbonyl (C=O) groups is 3. The summed E-state index contributed by atoms with van der Waals surface area (Å²) in [6, 6.07) is -0.837. The number of nitrogens with one attached hydrogen (secondary N) is 2. The number of carbonyl (C=O) groups excluding carboxylic acids is 3. The molecule has 0 aliphatic carbocycles. The highest BCUT2D eigenvalue weighted by Crippen LogP contribution is 2.32. The summed E-state index contributed by atoms with van der Waals surface area (Å²) < 4.78 is 5.27. The topological polar surface area (TPSA) is 101 Å². The van der Waals surface area contributed by atoms with Crippen molar-refractivity contribution >= 4 is 52.0 Å². The van der Waals surface area contributed by atoms with E-state index in [2.05, 4.69) is 4.98 Å². The van der Waals surface area contributed by atoms with E-state index in [0.717, 1.165) is 0 Å². The Labute approximate surface area is 134 Å². The molecule has 0 radical (unpaired) electrons. The molecule has 0 spiro atoms. The van der Waals surface area contributed by atoms with Crippen LogP contribution in [0.5, 0.6) is 0 Å². The quantitative estimate of drug-likeness (QED) is 0.595. The maximum absolute atomic E-state index is 11.7. The van der Waals surface area contributed by atoms with Crippen molar-refractivity contribution in [3.63, 3.8) is 0 Å². The van der Waals surface area contributed by atoms with Gasteiger partial charge in [-0.25, -0.2) is 9.78 Å². The summed E-state index contributed by atoms with van der Waals surface area (Å²) in [7, 11) is 0. The monoisotopic (exact) mass is 342 g/mol. The molecule has 0 atom stereocenters. The van der Waals surface area contributed by atoms with Gasteiger partial charge in [0.1, 0.15) is 10.7 Å². The Morgan fingerprint density at radius 1 is 1.18 bits per heavy atom. The molecule has 2 aliphatic rings. The van der Waals surface area contributed by atoms with E-state index in [1.54, 1.807) is 0 Å². The highest BCUT2D eigenvalue weighted by Gasteiger charge is 2.28. The van der Waals surface area contributed by atoms with Crippen molar-refractivity contribution < 1.29 is 19.1 Å². The van der Waals surface area contributed by atoms with Gasteiger partial charge in [0.2, 0.25) is 0 Å². The van der Waals surface area contributed by atoms with Crippen LogP contribution in [-0.2, 0) is 14.3 Å². The minimum atomic E-state index is -0.837. The second-order valence-electron chi connectivity index (χ2n) is 4.55. The number of nitrogens with zero attached hydrogens (tertiary/aromatic N) is 2. The molecule has 116 valence electrons. The summed E-state index contributed by atoms with van der Waals surface area (Å²) in [4.78, 5) is 41.1. The first-order valence-electron chi connectivity index (χ1n) is 6.42. The first-order valence-corrected chi connectivity index (χ1v) is 7.61. The highest BCUT2D eigenvalue weighted by molar-refractivity contribution is 7.17. The molecule has 0 saturated carbocycles. The number of morpholine rings is 1. The molecular weight excluding hydrogens is 332 g/mol. The zero-order chi connectivity index (χ0) is 15.7. The number of halogens is 1. The van der Waals surface area contributed by atoms with E-state index >= 15 is 0 Å². The first kappa shape index (κ1) is 14.9. The van der Waals surface area contributed by atoms with E-state index in [-0.39, 0.29) is 10.7 Å². The molecule has 0 bridgehead atoms. The number of ether oxygens (including phenoxy) is 1. The summed E-state index contributed by atoms with van der Waals surface area (Å²) in [5.74, 6) is -1.52. The minimum absolute atomic E-state index is 0.182. The van der Waals surface area contributed by atoms with Gasteiger partial charge in [-0.1, -0.05) is 22.9 Å². The lowest BCUT2D eigenvalue weighted by Gasteiger charge is -2.25. The molecule has 10 heteroatoms. The van der Waals surface area contributed by atoms with E-state index in [1.807, 2.05) is 15.5 Å². The number of aromatic nitrogens is 1. The second kappa shape index (κ2) is 6.03. The van der Waals surface area contributed by atoms with E-state index in [4.69, 9.17) is 16.3 Å². The summed E-state index contributed by atoms with van der Waals surface area (Å²) in [5, 5.41) is 4.92. The summed E-state index contributed by atoms with van der Waals surface area (Å²) in [5.41, 5.74) is -0.182. The Balaban J connectivity index is 1.87. The van der Waals surface area contributed by atoms with E-state index in [0.29, 0.717) is 36.3 Å². The van der Waals surface area contributed by atoms with Gasteiger partial charge in [0.25, 0.3) is 11.8 Å². The molecule has 8 nitrogen and oxygen atoms in total. The Bertz CT molecular complexity index is 659. The average Bonchev–Trinajstić information content (AvgIpc) is 2.85. The predicted octanol–water partition coefficient (Wildman–Crippen LogP) is 0.383. The van der Waals surface area contributed by atoms with Crippen LogP contribution in [0.25, 0.3) is 6.08 Å². The number of amides is 4. The lowest BCUT2D eigenvalue weighted by Crippen LogP contribution is -2.51. The Morgan fingerprint density at radius 2 is 1.82 bits per heavy atom. The van der Waals surface area contributed by atoms with Gasteiger partial charge in [0.15, 0.2) is 5.13 Å².